The highest BCUT2D eigenvalue weighted by molar-refractivity contribution is 7.80. The van der Waals surface area contributed by atoms with Crippen molar-refractivity contribution in [2.75, 3.05) is 19.6 Å². The van der Waals surface area contributed by atoms with Crippen LogP contribution in [0.5, 0.6) is 0 Å². The molecule has 2 rings (SSSR count). The molecule has 21 heavy (non-hydrogen) atoms. The van der Waals surface area contributed by atoms with Crippen molar-refractivity contribution in [2.45, 2.75) is 32.2 Å². The summed E-state index contributed by atoms with van der Waals surface area (Å²) in [5.74, 6) is -0.0398. The minimum Gasteiger partial charge on any atom is -0.389 e. The summed E-state index contributed by atoms with van der Waals surface area (Å²) in [6.07, 6.45) is 3.21. The summed E-state index contributed by atoms with van der Waals surface area (Å²) in [7, 11) is 0. The number of piperidine rings is 1. The molecule has 0 aromatic heterocycles. The molecule has 114 valence electrons. The Bertz CT molecular complexity index is 510. The molecular formula is C16H23N3OS. The highest BCUT2D eigenvalue weighted by Gasteiger charge is 2.20. The first kappa shape index (κ1) is 15.9. The summed E-state index contributed by atoms with van der Waals surface area (Å²) in [6.45, 7) is 5.47. The lowest BCUT2D eigenvalue weighted by molar-refractivity contribution is 0.0911. The fraction of sp³-hybridized carbons (Fsp3) is 0.500. The van der Waals surface area contributed by atoms with Crippen LogP contribution in [0.1, 0.15) is 42.1 Å². The van der Waals surface area contributed by atoms with E-state index >= 15 is 0 Å². The van der Waals surface area contributed by atoms with Crippen molar-refractivity contribution in [3.63, 3.8) is 0 Å². The molecule has 3 N–H and O–H groups in total. The third-order valence-electron chi connectivity index (χ3n) is 3.87. The third kappa shape index (κ3) is 4.51. The van der Waals surface area contributed by atoms with Crippen molar-refractivity contribution in [3.8, 4) is 0 Å². The molecule has 1 aliphatic rings. The molecule has 0 bridgehead atoms. The van der Waals surface area contributed by atoms with Crippen LogP contribution in [0.4, 0.5) is 0 Å². The van der Waals surface area contributed by atoms with Gasteiger partial charge in [0.05, 0.1) is 0 Å². The maximum absolute atomic E-state index is 12.3. The van der Waals surface area contributed by atoms with Crippen molar-refractivity contribution in [1.29, 1.82) is 0 Å². The van der Waals surface area contributed by atoms with Crippen LogP contribution >= 0.6 is 12.2 Å². The highest BCUT2D eigenvalue weighted by Crippen LogP contribution is 2.12. The topological polar surface area (TPSA) is 58.4 Å². The number of nitrogens with one attached hydrogen (secondary N) is 1. The van der Waals surface area contributed by atoms with E-state index in [4.69, 9.17) is 18.0 Å². The molecule has 4 nitrogen and oxygen atoms in total. The number of amides is 1. The molecule has 0 spiro atoms. The normalized spacial score (nSPS) is 16.6. The van der Waals surface area contributed by atoms with Crippen molar-refractivity contribution >= 4 is 23.1 Å². The average Bonchev–Trinajstić information content (AvgIpc) is 2.49. The van der Waals surface area contributed by atoms with E-state index in [1.807, 2.05) is 12.1 Å². The number of benzene rings is 1. The van der Waals surface area contributed by atoms with Crippen LogP contribution in [0.15, 0.2) is 24.3 Å². The van der Waals surface area contributed by atoms with Crippen LogP contribution in [-0.4, -0.2) is 41.5 Å². The maximum Gasteiger partial charge on any atom is 0.251 e. The van der Waals surface area contributed by atoms with Gasteiger partial charge in [0.2, 0.25) is 0 Å². The number of hydrogen-bond acceptors (Lipinski definition) is 3. The second-order valence-electron chi connectivity index (χ2n) is 5.53. The SMILES string of the molecule is CCCN1CCC(NC(=O)c2cccc(C(N)=S)c2)CC1. The van der Waals surface area contributed by atoms with Gasteiger partial charge >= 0.3 is 0 Å². The van der Waals surface area contributed by atoms with Crippen LogP contribution in [0.3, 0.4) is 0 Å². The van der Waals surface area contributed by atoms with Crippen LogP contribution in [0, 0.1) is 0 Å². The summed E-state index contributed by atoms with van der Waals surface area (Å²) < 4.78 is 0. The number of nitrogens with two attached hydrogens (primary N) is 1. The fourth-order valence-electron chi connectivity index (χ4n) is 2.70. The Morgan fingerprint density at radius 3 is 2.67 bits per heavy atom. The Balaban J connectivity index is 1.90. The molecule has 0 aliphatic carbocycles. The largest absolute Gasteiger partial charge is 0.389 e. The van der Waals surface area contributed by atoms with E-state index in [9.17, 15) is 4.79 Å². The molecule has 0 unspecified atom stereocenters. The van der Waals surface area contributed by atoms with E-state index in [-0.39, 0.29) is 11.9 Å². The lowest BCUT2D eigenvalue weighted by Gasteiger charge is -2.32. The minimum atomic E-state index is -0.0398. The third-order valence-corrected chi connectivity index (χ3v) is 4.11. The van der Waals surface area contributed by atoms with Crippen molar-refractivity contribution in [3.05, 3.63) is 35.4 Å². The number of carbonyl (C=O) groups is 1. The number of hydrogen-bond donors (Lipinski definition) is 2. The van der Waals surface area contributed by atoms with Gasteiger partial charge in [-0.1, -0.05) is 31.3 Å². The van der Waals surface area contributed by atoms with Gasteiger partial charge < -0.3 is 16.0 Å². The van der Waals surface area contributed by atoms with Gasteiger partial charge in [-0.25, -0.2) is 0 Å². The molecule has 0 radical (unpaired) electrons. The Kier molecular flexibility index (Phi) is 5.70. The maximum atomic E-state index is 12.3. The smallest absolute Gasteiger partial charge is 0.251 e. The van der Waals surface area contributed by atoms with Crippen molar-refractivity contribution in [2.24, 2.45) is 5.73 Å². The first-order valence-corrected chi connectivity index (χ1v) is 7.94. The Morgan fingerprint density at radius 1 is 1.38 bits per heavy atom. The molecule has 1 aromatic carbocycles. The first-order valence-electron chi connectivity index (χ1n) is 7.53. The molecule has 5 heteroatoms. The van der Waals surface area contributed by atoms with E-state index in [0.717, 1.165) is 38.0 Å². The number of carbonyl (C=O) groups excluding carboxylic acids is 1. The lowest BCUT2D eigenvalue weighted by atomic mass is 10.0. The second-order valence-corrected chi connectivity index (χ2v) is 5.97. The van der Waals surface area contributed by atoms with Crippen LogP contribution in [-0.2, 0) is 0 Å². The predicted octanol–water partition coefficient (Wildman–Crippen LogP) is 1.93. The molecule has 1 fully saturated rings. The van der Waals surface area contributed by atoms with Gasteiger partial charge in [0.25, 0.3) is 5.91 Å². The lowest BCUT2D eigenvalue weighted by Crippen LogP contribution is -2.44. The average molecular weight is 305 g/mol. The van der Waals surface area contributed by atoms with Crippen LogP contribution < -0.4 is 11.1 Å². The Labute approximate surface area is 131 Å². The van der Waals surface area contributed by atoms with E-state index in [0.29, 0.717) is 10.6 Å². The summed E-state index contributed by atoms with van der Waals surface area (Å²) in [6, 6.07) is 7.45. The summed E-state index contributed by atoms with van der Waals surface area (Å²) in [4.78, 5) is 15.1. The number of nitrogens with zero attached hydrogens (tertiary/aromatic N) is 1. The predicted molar refractivity (Wildman–Crippen MR) is 89.5 cm³/mol. The number of likely N-dealkylation sites (tertiary alicyclic amines) is 1. The van der Waals surface area contributed by atoms with E-state index < -0.39 is 0 Å². The van der Waals surface area contributed by atoms with Gasteiger partial charge in [0.1, 0.15) is 4.99 Å². The van der Waals surface area contributed by atoms with Gasteiger partial charge in [0, 0.05) is 30.3 Å². The minimum absolute atomic E-state index is 0.0398. The Hall–Kier alpha value is -1.46. The fourth-order valence-corrected chi connectivity index (χ4v) is 2.83. The quantitative estimate of drug-likeness (QED) is 0.816. The van der Waals surface area contributed by atoms with Gasteiger partial charge in [0.15, 0.2) is 0 Å². The zero-order chi connectivity index (χ0) is 15.2. The van der Waals surface area contributed by atoms with E-state index in [1.165, 1.54) is 6.42 Å². The number of rotatable bonds is 5. The second kappa shape index (κ2) is 7.52. The highest BCUT2D eigenvalue weighted by atomic mass is 32.1. The van der Waals surface area contributed by atoms with Crippen LogP contribution in [0.25, 0.3) is 0 Å². The van der Waals surface area contributed by atoms with Crippen molar-refractivity contribution in [1.82, 2.24) is 10.2 Å². The molecule has 1 amide bonds. The zero-order valence-corrected chi connectivity index (χ0v) is 13.3. The standard InChI is InChI=1S/C16H23N3OS/c1-2-8-19-9-6-14(7-10-19)18-16(20)13-5-3-4-12(11-13)15(17)21/h3-5,11,14H,2,6-10H2,1H3,(H2,17,21)(H,18,20). The van der Waals surface area contributed by atoms with Gasteiger partial charge in [-0.15, -0.1) is 0 Å². The molecule has 1 aromatic rings. The van der Waals surface area contributed by atoms with Crippen LogP contribution in [0.2, 0.25) is 0 Å². The van der Waals surface area contributed by atoms with E-state index in [2.05, 4.69) is 17.1 Å². The monoisotopic (exact) mass is 305 g/mol. The molecule has 0 saturated carbocycles. The van der Waals surface area contributed by atoms with Crippen molar-refractivity contribution < 1.29 is 4.79 Å². The van der Waals surface area contributed by atoms with Gasteiger partial charge in [-0.2, -0.15) is 0 Å². The van der Waals surface area contributed by atoms with E-state index in [1.54, 1.807) is 12.1 Å². The molecule has 0 atom stereocenters. The first-order chi connectivity index (χ1) is 10.1. The summed E-state index contributed by atoms with van der Waals surface area (Å²) in [5, 5.41) is 3.11. The number of thiocarbonyl (C=S) groups is 1. The summed E-state index contributed by atoms with van der Waals surface area (Å²) >= 11 is 4.95. The Morgan fingerprint density at radius 2 is 2.05 bits per heavy atom. The molecule has 1 aliphatic heterocycles. The zero-order valence-electron chi connectivity index (χ0n) is 12.5. The van der Waals surface area contributed by atoms with Gasteiger partial charge in [-0.05, 0) is 37.9 Å². The molecule has 1 heterocycles. The van der Waals surface area contributed by atoms with Gasteiger partial charge in [-0.3, -0.25) is 4.79 Å². The molecule has 1 saturated heterocycles. The molecular weight excluding hydrogens is 282 g/mol. The summed E-state index contributed by atoms with van der Waals surface area (Å²) in [5.41, 5.74) is 6.96.